The molecule has 2 aliphatic heterocycles. The number of benzene rings is 1. The van der Waals surface area contributed by atoms with Crippen molar-refractivity contribution in [3.63, 3.8) is 0 Å². The molecule has 0 saturated carbocycles. The molecule has 3 rings (SSSR count). The third-order valence-corrected chi connectivity index (χ3v) is 6.37. The van der Waals surface area contributed by atoms with Gasteiger partial charge in [0, 0.05) is 12.0 Å². The second kappa shape index (κ2) is 7.16. The van der Waals surface area contributed by atoms with E-state index in [1.165, 1.54) is 16.7 Å². The quantitative estimate of drug-likeness (QED) is 0.497. The summed E-state index contributed by atoms with van der Waals surface area (Å²) in [6.07, 6.45) is 9.35. The smallest absolute Gasteiger partial charge is 0.153 e. The largest absolute Gasteiger partial charge is 0.505 e. The predicted molar refractivity (Wildman–Crippen MR) is 109 cm³/mol. The second-order valence-corrected chi connectivity index (χ2v) is 8.68. The van der Waals surface area contributed by atoms with Crippen LogP contribution in [0.4, 0.5) is 5.69 Å². The van der Waals surface area contributed by atoms with Gasteiger partial charge in [0.05, 0.1) is 16.3 Å². The lowest BCUT2D eigenvalue weighted by atomic mass is 9.76. The molecule has 0 bridgehead atoms. The molecular weight excluding hydrogens is 376 g/mol. The summed E-state index contributed by atoms with van der Waals surface area (Å²) < 4.78 is 0.755. The zero-order chi connectivity index (χ0) is 18.2. The normalized spacial score (nSPS) is 25.5. The van der Waals surface area contributed by atoms with Gasteiger partial charge in [-0.25, -0.2) is 0 Å². The first-order valence-electron chi connectivity index (χ1n) is 9.13. The molecule has 0 spiro atoms. The summed E-state index contributed by atoms with van der Waals surface area (Å²) in [6.45, 7) is 7.63. The monoisotopic (exact) mass is 404 g/mol. The summed E-state index contributed by atoms with van der Waals surface area (Å²) in [5, 5.41) is 14.1. The number of rotatable bonds is 5. The van der Waals surface area contributed by atoms with Crippen LogP contribution in [0.5, 0.6) is 5.75 Å². The van der Waals surface area contributed by atoms with Crippen molar-refractivity contribution in [3.05, 3.63) is 45.5 Å². The van der Waals surface area contributed by atoms with Crippen molar-refractivity contribution in [2.75, 3.05) is 18.9 Å². The van der Waals surface area contributed by atoms with E-state index in [9.17, 15) is 5.11 Å². The van der Waals surface area contributed by atoms with E-state index in [0.29, 0.717) is 5.75 Å². The number of fused-ring (bicyclic) bond motifs is 3. The molecule has 4 heteroatoms. The van der Waals surface area contributed by atoms with E-state index in [0.717, 1.165) is 42.4 Å². The summed E-state index contributed by atoms with van der Waals surface area (Å²) in [5.74, 6) is 0.337. The highest BCUT2D eigenvalue weighted by Crippen LogP contribution is 2.54. The minimum Gasteiger partial charge on any atom is -0.505 e. The van der Waals surface area contributed by atoms with Crippen molar-refractivity contribution in [2.24, 2.45) is 0 Å². The average Bonchev–Trinajstić information content (AvgIpc) is 3.05. The summed E-state index contributed by atoms with van der Waals surface area (Å²) in [5.41, 5.74) is 5.06. The highest BCUT2D eigenvalue weighted by molar-refractivity contribution is 9.10. The van der Waals surface area contributed by atoms with Crippen LogP contribution >= 0.6 is 15.9 Å². The van der Waals surface area contributed by atoms with Gasteiger partial charge in [-0.05, 0) is 81.1 Å². The lowest BCUT2D eigenvalue weighted by Gasteiger charge is -2.30. The number of aromatic hydroxyl groups is 1. The van der Waals surface area contributed by atoms with Gasteiger partial charge < -0.3 is 10.4 Å². The van der Waals surface area contributed by atoms with Crippen molar-refractivity contribution in [1.82, 2.24) is 4.90 Å². The van der Waals surface area contributed by atoms with Gasteiger partial charge in [0.25, 0.3) is 0 Å². The Kier molecular flexibility index (Phi) is 5.31. The summed E-state index contributed by atoms with van der Waals surface area (Å²) in [6, 6.07) is 4.15. The van der Waals surface area contributed by atoms with Crippen molar-refractivity contribution < 1.29 is 5.11 Å². The molecule has 0 aromatic heterocycles. The number of phenolic OH excluding ortho intramolecular Hbond substituents is 1. The topological polar surface area (TPSA) is 35.5 Å². The molecule has 2 atom stereocenters. The minimum absolute atomic E-state index is 0.0556. The van der Waals surface area contributed by atoms with Crippen molar-refractivity contribution in [3.8, 4) is 5.75 Å². The number of hydrogen-bond acceptors (Lipinski definition) is 3. The van der Waals surface area contributed by atoms with Crippen LogP contribution in [0.15, 0.2) is 39.9 Å². The highest BCUT2D eigenvalue weighted by atomic mass is 79.9. The van der Waals surface area contributed by atoms with Gasteiger partial charge in [-0.1, -0.05) is 29.4 Å². The van der Waals surface area contributed by atoms with E-state index in [4.69, 9.17) is 0 Å². The van der Waals surface area contributed by atoms with Crippen molar-refractivity contribution >= 4 is 21.6 Å². The van der Waals surface area contributed by atoms with Crippen LogP contribution in [0, 0.1) is 0 Å². The van der Waals surface area contributed by atoms with E-state index in [1.54, 1.807) is 0 Å². The number of halogens is 1. The number of hydrogen-bond donors (Lipinski definition) is 2. The Labute approximate surface area is 159 Å². The Hall–Kier alpha value is -1.26. The Morgan fingerprint density at radius 2 is 2.12 bits per heavy atom. The molecule has 2 aliphatic rings. The Morgan fingerprint density at radius 1 is 1.36 bits per heavy atom. The van der Waals surface area contributed by atoms with Crippen LogP contribution in [0.2, 0.25) is 0 Å². The molecule has 1 fully saturated rings. The Balaban J connectivity index is 1.86. The molecule has 2 heterocycles. The Morgan fingerprint density at radius 3 is 2.84 bits per heavy atom. The molecule has 1 saturated heterocycles. The zero-order valence-corrected chi connectivity index (χ0v) is 17.3. The molecule has 0 unspecified atom stereocenters. The molecule has 3 nitrogen and oxygen atoms in total. The van der Waals surface area contributed by atoms with Gasteiger partial charge >= 0.3 is 0 Å². The molecule has 1 aromatic rings. The fraction of sp³-hybridized carbons (Fsp3) is 0.524. The maximum Gasteiger partial charge on any atom is 0.153 e. The van der Waals surface area contributed by atoms with Gasteiger partial charge in [-0.3, -0.25) is 4.90 Å². The third-order valence-electron chi connectivity index (χ3n) is 5.73. The maximum absolute atomic E-state index is 10.5. The summed E-state index contributed by atoms with van der Waals surface area (Å²) >= 11 is 3.44. The van der Waals surface area contributed by atoms with E-state index in [2.05, 4.69) is 72.2 Å². The maximum atomic E-state index is 10.5. The van der Waals surface area contributed by atoms with Gasteiger partial charge in [-0.2, -0.15) is 0 Å². The molecule has 0 aliphatic carbocycles. The molecule has 25 heavy (non-hydrogen) atoms. The number of likely N-dealkylation sites (tertiary alicyclic amines) is 1. The van der Waals surface area contributed by atoms with Crippen LogP contribution in [0.3, 0.4) is 0 Å². The third kappa shape index (κ3) is 3.39. The highest BCUT2D eigenvalue weighted by Gasteiger charge is 2.52. The first-order chi connectivity index (χ1) is 11.8. The number of allylic oxidation sites excluding steroid dienone is 4. The average molecular weight is 405 g/mol. The van der Waals surface area contributed by atoms with E-state index >= 15 is 0 Å². The number of likely N-dealkylation sites (N-methyl/N-ethyl adjacent to an activating group) is 1. The van der Waals surface area contributed by atoms with E-state index < -0.39 is 0 Å². The molecular formula is C21H29BrN2O. The van der Waals surface area contributed by atoms with E-state index in [1.807, 2.05) is 6.07 Å². The van der Waals surface area contributed by atoms with Gasteiger partial charge in [0.2, 0.25) is 0 Å². The first-order valence-corrected chi connectivity index (χ1v) is 9.92. The zero-order valence-electron chi connectivity index (χ0n) is 15.7. The molecule has 136 valence electrons. The van der Waals surface area contributed by atoms with Crippen LogP contribution in [-0.2, 0) is 5.41 Å². The minimum atomic E-state index is 0.0556. The molecule has 0 radical (unpaired) electrons. The fourth-order valence-electron chi connectivity index (χ4n) is 4.23. The van der Waals surface area contributed by atoms with Gasteiger partial charge in [-0.15, -0.1) is 0 Å². The lowest BCUT2D eigenvalue weighted by Crippen LogP contribution is -2.41. The molecule has 2 N–H and O–H groups in total. The number of anilines is 1. The number of nitrogens with zero attached hydrogens (tertiary/aromatic N) is 1. The van der Waals surface area contributed by atoms with Crippen molar-refractivity contribution in [2.45, 2.75) is 58.0 Å². The van der Waals surface area contributed by atoms with E-state index in [-0.39, 0.29) is 11.6 Å². The SMILES string of the molecule is CC(C)=CCC/C(C)=C/C[C@@]12CCN(C)[C@@H]1Nc1c2ccc(Br)c1O. The fourth-order valence-corrected chi connectivity index (χ4v) is 4.56. The van der Waals surface area contributed by atoms with Crippen LogP contribution in [0.25, 0.3) is 0 Å². The summed E-state index contributed by atoms with van der Waals surface area (Å²) in [7, 11) is 2.17. The Bertz CT molecular complexity index is 721. The lowest BCUT2D eigenvalue weighted by molar-refractivity contribution is 0.285. The van der Waals surface area contributed by atoms with Crippen LogP contribution < -0.4 is 5.32 Å². The van der Waals surface area contributed by atoms with Gasteiger partial charge in [0.15, 0.2) is 5.75 Å². The standard InChI is InChI=1S/C21H29BrN2O/c1-14(2)6-5-7-15(3)10-11-21-12-13-24(4)20(21)23-18-16(21)8-9-17(22)19(18)25/h6,8-10,20,23,25H,5,7,11-13H2,1-4H3/b15-10+/t20-,21-/m0/s1. The van der Waals surface area contributed by atoms with Crippen LogP contribution in [0.1, 0.15) is 52.0 Å². The number of phenols is 1. The molecule has 0 amide bonds. The second-order valence-electron chi connectivity index (χ2n) is 7.83. The first kappa shape index (κ1) is 18.5. The van der Waals surface area contributed by atoms with Gasteiger partial charge in [0.1, 0.15) is 0 Å². The summed E-state index contributed by atoms with van der Waals surface area (Å²) in [4.78, 5) is 2.37. The molecule has 1 aromatic carbocycles. The van der Waals surface area contributed by atoms with Crippen molar-refractivity contribution in [1.29, 1.82) is 0 Å². The van der Waals surface area contributed by atoms with Crippen LogP contribution in [-0.4, -0.2) is 29.8 Å². The number of nitrogens with one attached hydrogen (secondary N) is 1. The predicted octanol–water partition coefficient (Wildman–Crippen LogP) is 5.56.